The molecule has 0 spiro atoms. The zero-order valence-corrected chi connectivity index (χ0v) is 35.3. The van der Waals surface area contributed by atoms with Gasteiger partial charge < -0.3 is 0 Å². The van der Waals surface area contributed by atoms with Gasteiger partial charge in [-0.3, -0.25) is 0 Å². The van der Waals surface area contributed by atoms with Gasteiger partial charge >= 0.3 is 0 Å². The van der Waals surface area contributed by atoms with E-state index in [1.165, 1.54) is 103 Å². The maximum atomic E-state index is 2.55. The third kappa shape index (κ3) is 4.45. The molecule has 0 atom stereocenters. The summed E-state index contributed by atoms with van der Waals surface area (Å²) >= 11 is 11.0. The van der Waals surface area contributed by atoms with Gasteiger partial charge in [0.05, 0.1) is 26.4 Å². The minimum absolute atomic E-state index is 0.423. The molecule has 0 bridgehead atoms. The summed E-state index contributed by atoms with van der Waals surface area (Å²) < 4.78 is 4.07. The lowest BCUT2D eigenvalue weighted by atomic mass is 9.66. The van der Waals surface area contributed by atoms with Crippen LogP contribution in [0.3, 0.4) is 0 Å². The minimum atomic E-state index is -0.437. The highest BCUT2D eigenvalue weighted by Crippen LogP contribution is 2.67. The summed E-state index contributed by atoms with van der Waals surface area (Å²) in [7, 11) is 0. The first-order chi connectivity index (χ1) is 24.7. The largest absolute Gasteiger partial charge is 0.134 e. The molecular weight excluding hydrogens is 903 g/mol. The lowest BCUT2D eigenvalue weighted by molar-refractivity contribution is 0.773. The Morgan fingerprint density at radius 3 is 1.25 bits per heavy atom. The van der Waals surface area contributed by atoms with Gasteiger partial charge in [0.25, 0.3) is 0 Å². The highest BCUT2D eigenvalue weighted by Gasteiger charge is 2.53. The van der Waals surface area contributed by atoms with E-state index in [-0.39, 0.29) is 0 Å². The molecule has 5 aromatic carbocycles. The van der Waals surface area contributed by atoms with Crippen molar-refractivity contribution in [1.82, 2.24) is 0 Å². The van der Waals surface area contributed by atoms with E-state index in [0.717, 1.165) is 0 Å². The fourth-order valence-electron chi connectivity index (χ4n) is 8.92. The average Bonchev–Trinajstić information content (AvgIpc) is 3.91. The molecule has 0 saturated carbocycles. The number of thiophene rings is 3. The van der Waals surface area contributed by atoms with Crippen molar-refractivity contribution in [2.75, 3.05) is 0 Å². The highest BCUT2D eigenvalue weighted by molar-refractivity contribution is 14.1. The van der Waals surface area contributed by atoms with E-state index in [0.29, 0.717) is 0 Å². The Hall–Kier alpha value is -3.08. The van der Waals surface area contributed by atoms with Crippen LogP contribution in [0.4, 0.5) is 0 Å². The monoisotopic (exact) mass is 934 g/mol. The van der Waals surface area contributed by atoms with Crippen LogP contribution in [-0.4, -0.2) is 0 Å². The number of fused-ring (bicyclic) bond motifs is 9. The highest BCUT2D eigenvalue weighted by atomic mass is 127. The number of hydrogen-bond donors (Lipinski definition) is 0. The van der Waals surface area contributed by atoms with Gasteiger partial charge in [0.2, 0.25) is 0 Å². The summed E-state index contributed by atoms with van der Waals surface area (Å²) in [5, 5.41) is 1.38. The predicted molar refractivity (Wildman–Crippen MR) is 237 cm³/mol. The molecule has 3 heterocycles. The summed E-state index contributed by atoms with van der Waals surface area (Å²) in [5.74, 6) is 0. The minimum Gasteiger partial charge on any atom is -0.134 e. The molecule has 0 fully saturated rings. The fourth-order valence-corrected chi connectivity index (χ4v) is 14.4. The van der Waals surface area contributed by atoms with Crippen molar-refractivity contribution in [1.29, 1.82) is 0 Å². The van der Waals surface area contributed by atoms with Crippen LogP contribution >= 0.6 is 79.2 Å². The smallest absolute Gasteiger partial charge is 0.0737 e. The molecule has 2 aliphatic carbocycles. The Balaban J connectivity index is 1.39. The molecular formula is C46H32I2S3. The second kappa shape index (κ2) is 11.7. The van der Waals surface area contributed by atoms with Crippen molar-refractivity contribution in [3.05, 3.63) is 194 Å². The number of rotatable bonds is 4. The lowest BCUT2D eigenvalue weighted by Crippen LogP contribution is -2.29. The molecule has 5 heteroatoms. The molecule has 0 amide bonds. The van der Waals surface area contributed by atoms with Gasteiger partial charge in [0.15, 0.2) is 0 Å². The van der Waals surface area contributed by atoms with Crippen LogP contribution < -0.4 is 0 Å². The maximum absolute atomic E-state index is 2.55. The van der Waals surface area contributed by atoms with Crippen LogP contribution in [0.25, 0.3) is 30.3 Å². The van der Waals surface area contributed by atoms with E-state index >= 15 is 0 Å². The first kappa shape index (κ1) is 32.6. The summed E-state index contributed by atoms with van der Waals surface area (Å²) in [6.07, 6.45) is 0. The molecule has 0 radical (unpaired) electrons. The first-order valence-corrected chi connectivity index (χ1v) is 21.8. The molecule has 0 saturated heterocycles. The molecule has 0 unspecified atom stereocenters. The van der Waals surface area contributed by atoms with Crippen LogP contribution in [0.5, 0.6) is 0 Å². The van der Waals surface area contributed by atoms with E-state index in [2.05, 4.69) is 194 Å². The molecule has 0 nitrogen and oxygen atoms in total. The summed E-state index contributed by atoms with van der Waals surface area (Å²) in [4.78, 5) is 4.25. The standard InChI is InChI=1S/C46H32I2S3/c1-25-5-13-29(14-6-25)45(30-15-7-26(2)8-16-30)35-23-37(47)49-41(35)33-21-22-34-40-44(51-42(34)39(33)45)43-36(24-38(48)50-43)46(40,31-17-9-27(3)10-18-31)32-19-11-28(4)12-20-32/h5-24H,1-4H3. The third-order valence-electron chi connectivity index (χ3n) is 11.2. The van der Waals surface area contributed by atoms with Crippen molar-refractivity contribution in [3.8, 4) is 20.2 Å². The zero-order chi connectivity index (χ0) is 34.8. The fraction of sp³-hybridized carbons (Fsp3) is 0.130. The molecule has 8 aromatic rings. The van der Waals surface area contributed by atoms with Crippen LogP contribution in [-0.2, 0) is 10.8 Å². The Labute approximate surface area is 338 Å². The van der Waals surface area contributed by atoms with E-state index in [4.69, 9.17) is 0 Å². The van der Waals surface area contributed by atoms with E-state index in [1.54, 1.807) is 0 Å². The van der Waals surface area contributed by atoms with E-state index in [9.17, 15) is 0 Å². The maximum Gasteiger partial charge on any atom is 0.0737 e. The van der Waals surface area contributed by atoms with Gasteiger partial charge in [0.1, 0.15) is 0 Å². The van der Waals surface area contributed by atoms with Crippen molar-refractivity contribution in [3.63, 3.8) is 0 Å². The van der Waals surface area contributed by atoms with Crippen molar-refractivity contribution >= 4 is 89.3 Å². The van der Waals surface area contributed by atoms with Crippen molar-refractivity contribution < 1.29 is 0 Å². The topological polar surface area (TPSA) is 0 Å². The summed E-state index contributed by atoms with van der Waals surface area (Å²) in [6, 6.07) is 47.4. The molecule has 51 heavy (non-hydrogen) atoms. The number of benzene rings is 5. The normalized spacial score (nSPS) is 14.8. The predicted octanol–water partition coefficient (Wildman–Crippen LogP) is 14.2. The van der Waals surface area contributed by atoms with Gasteiger partial charge in [-0.1, -0.05) is 131 Å². The van der Waals surface area contributed by atoms with Gasteiger partial charge in [-0.2, -0.15) is 0 Å². The Morgan fingerprint density at radius 2 is 0.804 bits per heavy atom. The zero-order valence-electron chi connectivity index (χ0n) is 28.5. The number of hydrogen-bond acceptors (Lipinski definition) is 3. The molecule has 248 valence electrons. The average molecular weight is 935 g/mol. The van der Waals surface area contributed by atoms with Crippen molar-refractivity contribution in [2.24, 2.45) is 0 Å². The quantitative estimate of drug-likeness (QED) is 0.154. The Kier molecular flexibility index (Phi) is 7.48. The van der Waals surface area contributed by atoms with E-state index in [1.807, 2.05) is 34.0 Å². The van der Waals surface area contributed by atoms with Gasteiger partial charge in [-0.05, 0) is 140 Å². The SMILES string of the molecule is Cc1ccc(C2(c3ccc(C)cc3)c3cc(I)sc3-c3sc4c5c(ccc4c32)-c2sc(I)cc2C5(c2ccc(C)cc2)c2ccc(C)cc2)cc1. The van der Waals surface area contributed by atoms with Crippen LogP contribution in [0.15, 0.2) is 121 Å². The van der Waals surface area contributed by atoms with Crippen molar-refractivity contribution in [2.45, 2.75) is 38.5 Å². The first-order valence-electron chi connectivity index (χ1n) is 17.2. The van der Waals surface area contributed by atoms with Crippen LogP contribution in [0, 0.1) is 33.5 Å². The lowest BCUT2D eigenvalue weighted by Gasteiger charge is -2.35. The summed E-state index contributed by atoms with van der Waals surface area (Å²) in [6.45, 7) is 8.78. The molecule has 0 N–H and O–H groups in total. The van der Waals surface area contributed by atoms with Gasteiger partial charge in [0, 0.05) is 9.58 Å². The van der Waals surface area contributed by atoms with Crippen LogP contribution in [0.2, 0.25) is 0 Å². The Bertz CT molecular complexity index is 2580. The molecule has 10 rings (SSSR count). The molecule has 2 aliphatic rings. The number of aryl methyl sites for hydroxylation is 4. The third-order valence-corrected chi connectivity index (χ3v) is 16.4. The van der Waals surface area contributed by atoms with Crippen LogP contribution in [0.1, 0.15) is 66.8 Å². The van der Waals surface area contributed by atoms with Gasteiger partial charge in [-0.25, -0.2) is 0 Å². The summed E-state index contributed by atoms with van der Waals surface area (Å²) in [5.41, 5.74) is 16.7. The molecule has 3 aromatic heterocycles. The second-order valence-corrected chi connectivity index (χ2v) is 21.1. The van der Waals surface area contributed by atoms with Gasteiger partial charge in [-0.15, -0.1) is 34.0 Å². The number of halogens is 2. The van der Waals surface area contributed by atoms with E-state index < -0.39 is 10.8 Å². The second-order valence-electron chi connectivity index (χ2n) is 14.2. The molecule has 0 aliphatic heterocycles. The Morgan fingerprint density at radius 1 is 0.412 bits per heavy atom.